The van der Waals surface area contributed by atoms with Crippen molar-refractivity contribution in [3.05, 3.63) is 51.7 Å². The first-order valence-corrected chi connectivity index (χ1v) is 12.0. The number of nitrogens with zero attached hydrogens (tertiary/aromatic N) is 2. The van der Waals surface area contributed by atoms with Gasteiger partial charge in [0.05, 0.1) is 17.9 Å². The maximum Gasteiger partial charge on any atom is 0.414 e. The number of nitrogens with one attached hydrogen (secondary N) is 1. The molecule has 1 N–H and O–H groups in total. The molecule has 1 aromatic heterocycles. The SMILES string of the molecule is O=C(NCc1cccs1)OC1=NOC2(CCN(S(=O)(=O)c3ccc(Cl)cc3)CC2)C1. The molecule has 1 fully saturated rings. The third-order valence-corrected chi connectivity index (χ3v) is 8.14. The molecular formula is C19H20ClN3O5S2. The summed E-state index contributed by atoms with van der Waals surface area (Å²) in [6, 6.07) is 9.94. The van der Waals surface area contributed by atoms with Crippen LogP contribution in [0.4, 0.5) is 4.79 Å². The van der Waals surface area contributed by atoms with E-state index in [9.17, 15) is 13.2 Å². The van der Waals surface area contributed by atoms with E-state index in [1.807, 2.05) is 17.5 Å². The van der Waals surface area contributed by atoms with Crippen molar-refractivity contribution < 1.29 is 22.8 Å². The molecule has 0 saturated carbocycles. The van der Waals surface area contributed by atoms with Crippen LogP contribution in [-0.4, -0.2) is 43.4 Å². The van der Waals surface area contributed by atoms with Crippen molar-refractivity contribution in [3.8, 4) is 0 Å². The number of benzene rings is 1. The molecule has 8 nitrogen and oxygen atoms in total. The number of oxime groups is 1. The number of hydrogen-bond acceptors (Lipinski definition) is 7. The predicted octanol–water partition coefficient (Wildman–Crippen LogP) is 3.59. The number of hydrogen-bond donors (Lipinski definition) is 1. The molecule has 1 saturated heterocycles. The summed E-state index contributed by atoms with van der Waals surface area (Å²) in [7, 11) is -3.60. The van der Waals surface area contributed by atoms with Crippen LogP contribution < -0.4 is 5.32 Å². The van der Waals surface area contributed by atoms with E-state index < -0.39 is 21.7 Å². The second-order valence-electron chi connectivity index (χ2n) is 7.12. The lowest BCUT2D eigenvalue weighted by molar-refractivity contribution is -0.0506. The molecule has 3 heterocycles. The molecule has 1 aromatic carbocycles. The largest absolute Gasteiger partial charge is 0.414 e. The molecule has 0 aliphatic carbocycles. The molecule has 0 atom stereocenters. The molecule has 2 aliphatic heterocycles. The Bertz CT molecular complexity index is 1030. The Morgan fingerprint density at radius 1 is 1.27 bits per heavy atom. The lowest BCUT2D eigenvalue weighted by Gasteiger charge is -2.36. The van der Waals surface area contributed by atoms with Crippen molar-refractivity contribution in [1.29, 1.82) is 0 Å². The zero-order valence-corrected chi connectivity index (χ0v) is 18.3. The zero-order chi connectivity index (χ0) is 21.2. The molecule has 2 aliphatic rings. The van der Waals surface area contributed by atoms with Gasteiger partial charge in [0.2, 0.25) is 15.9 Å². The third kappa shape index (κ3) is 4.61. The van der Waals surface area contributed by atoms with Crippen LogP contribution in [0.1, 0.15) is 24.1 Å². The first kappa shape index (κ1) is 21.1. The maximum atomic E-state index is 12.8. The average molecular weight is 470 g/mol. The molecule has 0 bridgehead atoms. The van der Waals surface area contributed by atoms with Crippen LogP contribution in [-0.2, 0) is 26.1 Å². The number of rotatable bonds is 4. The number of thiophene rings is 1. The maximum absolute atomic E-state index is 12.8. The fourth-order valence-electron chi connectivity index (χ4n) is 3.42. The van der Waals surface area contributed by atoms with Crippen molar-refractivity contribution in [3.63, 3.8) is 0 Å². The Kier molecular flexibility index (Phi) is 6.01. The highest BCUT2D eigenvalue weighted by Gasteiger charge is 2.45. The summed E-state index contributed by atoms with van der Waals surface area (Å²) in [6.07, 6.45) is 0.638. The van der Waals surface area contributed by atoms with Gasteiger partial charge >= 0.3 is 6.09 Å². The summed E-state index contributed by atoms with van der Waals surface area (Å²) in [5.74, 6) is 0.202. The standard InChI is InChI=1S/C19H20ClN3O5S2/c20-14-3-5-16(6-4-14)30(25,26)23-9-7-19(8-10-23)12-17(22-28-19)27-18(24)21-13-15-2-1-11-29-15/h1-6,11H,7-10,12-13H2,(H,21,24). The Hall–Kier alpha value is -2.14. The highest BCUT2D eigenvalue weighted by Crippen LogP contribution is 2.36. The first-order chi connectivity index (χ1) is 14.4. The van der Waals surface area contributed by atoms with Gasteiger partial charge in [-0.15, -0.1) is 11.3 Å². The molecule has 0 unspecified atom stereocenters. The van der Waals surface area contributed by atoms with Crippen molar-refractivity contribution in [2.75, 3.05) is 13.1 Å². The molecule has 1 amide bonds. The smallest absolute Gasteiger partial charge is 0.392 e. The quantitative estimate of drug-likeness (QED) is 0.738. The van der Waals surface area contributed by atoms with Crippen LogP contribution in [0.2, 0.25) is 5.02 Å². The van der Waals surface area contributed by atoms with Crippen LogP contribution in [0, 0.1) is 0 Å². The van der Waals surface area contributed by atoms with E-state index in [0.717, 1.165) is 4.88 Å². The van der Waals surface area contributed by atoms with E-state index >= 15 is 0 Å². The third-order valence-electron chi connectivity index (χ3n) is 5.10. The lowest BCUT2D eigenvalue weighted by atomic mass is 9.89. The van der Waals surface area contributed by atoms with Gasteiger partial charge in [-0.25, -0.2) is 13.2 Å². The minimum Gasteiger partial charge on any atom is -0.392 e. The van der Waals surface area contributed by atoms with Crippen molar-refractivity contribution >= 4 is 45.0 Å². The molecule has 30 heavy (non-hydrogen) atoms. The van der Waals surface area contributed by atoms with Crippen LogP contribution >= 0.6 is 22.9 Å². The average Bonchev–Trinajstić information content (AvgIpc) is 3.38. The monoisotopic (exact) mass is 469 g/mol. The highest BCUT2D eigenvalue weighted by molar-refractivity contribution is 7.89. The molecule has 1 spiro atoms. The van der Waals surface area contributed by atoms with E-state index in [0.29, 0.717) is 43.9 Å². The fourth-order valence-corrected chi connectivity index (χ4v) is 5.63. The molecule has 160 valence electrons. The Morgan fingerprint density at radius 2 is 2.00 bits per heavy atom. The summed E-state index contributed by atoms with van der Waals surface area (Å²) in [5, 5.41) is 8.99. The number of ether oxygens (including phenoxy) is 1. The molecule has 2 aromatic rings. The zero-order valence-electron chi connectivity index (χ0n) is 15.9. The lowest BCUT2D eigenvalue weighted by Crippen LogP contribution is -2.46. The van der Waals surface area contributed by atoms with Gasteiger partial charge in [-0.2, -0.15) is 4.31 Å². The van der Waals surface area contributed by atoms with Crippen LogP contribution in [0.25, 0.3) is 0 Å². The summed E-state index contributed by atoms with van der Waals surface area (Å²) in [5.41, 5.74) is -0.643. The highest BCUT2D eigenvalue weighted by atomic mass is 35.5. The summed E-state index contributed by atoms with van der Waals surface area (Å²) >= 11 is 7.39. The topological polar surface area (TPSA) is 97.3 Å². The van der Waals surface area contributed by atoms with Gasteiger partial charge in [0.1, 0.15) is 5.60 Å². The minimum atomic E-state index is -3.60. The summed E-state index contributed by atoms with van der Waals surface area (Å²) in [4.78, 5) is 18.8. The van der Waals surface area contributed by atoms with Crippen LogP contribution in [0.3, 0.4) is 0 Å². The van der Waals surface area contributed by atoms with E-state index in [4.69, 9.17) is 21.2 Å². The molecular weight excluding hydrogens is 450 g/mol. The number of amides is 1. The van der Waals surface area contributed by atoms with Gasteiger partial charge < -0.3 is 14.9 Å². The normalized spacial score (nSPS) is 18.6. The number of alkyl carbamates (subject to hydrolysis) is 1. The molecule has 11 heteroatoms. The second-order valence-corrected chi connectivity index (χ2v) is 10.5. The Balaban J connectivity index is 1.29. The van der Waals surface area contributed by atoms with Crippen LogP contribution in [0.15, 0.2) is 51.8 Å². The summed E-state index contributed by atoms with van der Waals surface area (Å²) < 4.78 is 32.3. The predicted molar refractivity (Wildman–Crippen MR) is 113 cm³/mol. The van der Waals surface area contributed by atoms with Gasteiger partial charge in [-0.3, -0.25) is 0 Å². The number of piperidine rings is 1. The van der Waals surface area contributed by atoms with Gasteiger partial charge in [0, 0.05) is 35.8 Å². The Labute approximate surface area is 183 Å². The van der Waals surface area contributed by atoms with E-state index in [1.54, 1.807) is 23.5 Å². The molecule has 4 rings (SSSR count). The van der Waals surface area contributed by atoms with Gasteiger partial charge in [-0.05, 0) is 35.7 Å². The Morgan fingerprint density at radius 3 is 2.67 bits per heavy atom. The van der Waals surface area contributed by atoms with Gasteiger partial charge in [0.15, 0.2) is 0 Å². The van der Waals surface area contributed by atoms with E-state index in [2.05, 4.69) is 10.5 Å². The fraction of sp³-hybridized carbons (Fsp3) is 0.368. The number of carbonyl (C=O) groups is 1. The van der Waals surface area contributed by atoms with E-state index in [1.165, 1.54) is 16.4 Å². The van der Waals surface area contributed by atoms with Gasteiger partial charge in [-0.1, -0.05) is 22.8 Å². The second kappa shape index (κ2) is 8.54. The molecule has 0 radical (unpaired) electrons. The minimum absolute atomic E-state index is 0.202. The van der Waals surface area contributed by atoms with E-state index in [-0.39, 0.29) is 10.8 Å². The van der Waals surface area contributed by atoms with Crippen molar-refractivity contribution in [1.82, 2.24) is 9.62 Å². The van der Waals surface area contributed by atoms with Gasteiger partial charge in [0.25, 0.3) is 0 Å². The number of carbonyl (C=O) groups excluding carboxylic acids is 1. The van der Waals surface area contributed by atoms with Crippen molar-refractivity contribution in [2.24, 2.45) is 5.16 Å². The van der Waals surface area contributed by atoms with Crippen LogP contribution in [0.5, 0.6) is 0 Å². The number of halogens is 1. The summed E-state index contributed by atoms with van der Waals surface area (Å²) in [6.45, 7) is 0.962. The first-order valence-electron chi connectivity index (χ1n) is 9.35. The van der Waals surface area contributed by atoms with Crippen molar-refractivity contribution in [2.45, 2.75) is 36.3 Å². The number of sulfonamides is 1.